The Morgan fingerprint density at radius 3 is 2.50 bits per heavy atom. The standard InChI is InChI=1S/C21H19FN2O3S/c1-15-7-9-19(10-8-15)28(26,27)20(17-5-3-11-23-13-17)14-24-21(25)16-4-2-6-18(22)12-16/h2-13,20H,14H2,1H3,(H,24,25)/t20-/m0/s1. The lowest BCUT2D eigenvalue weighted by Crippen LogP contribution is -2.32. The van der Waals surface area contributed by atoms with Crippen molar-refractivity contribution in [3.8, 4) is 0 Å². The zero-order chi connectivity index (χ0) is 20.1. The van der Waals surface area contributed by atoms with Crippen molar-refractivity contribution in [2.45, 2.75) is 17.1 Å². The molecular weight excluding hydrogens is 379 g/mol. The van der Waals surface area contributed by atoms with Crippen LogP contribution in [0.5, 0.6) is 0 Å². The minimum atomic E-state index is -3.79. The topological polar surface area (TPSA) is 76.1 Å². The molecule has 1 heterocycles. The number of benzene rings is 2. The number of halogens is 1. The molecule has 0 aliphatic carbocycles. The fraction of sp³-hybridized carbons (Fsp3) is 0.143. The van der Waals surface area contributed by atoms with Crippen LogP contribution in [0.2, 0.25) is 0 Å². The summed E-state index contributed by atoms with van der Waals surface area (Å²) in [5.41, 5.74) is 1.52. The van der Waals surface area contributed by atoms with Gasteiger partial charge in [0.1, 0.15) is 11.1 Å². The average molecular weight is 398 g/mol. The summed E-state index contributed by atoms with van der Waals surface area (Å²) in [6.07, 6.45) is 3.01. The number of aromatic nitrogens is 1. The molecule has 0 bridgehead atoms. The van der Waals surface area contributed by atoms with E-state index in [-0.39, 0.29) is 17.0 Å². The van der Waals surface area contributed by atoms with E-state index in [1.807, 2.05) is 6.92 Å². The Morgan fingerprint density at radius 1 is 1.11 bits per heavy atom. The lowest BCUT2D eigenvalue weighted by Gasteiger charge is -2.19. The summed E-state index contributed by atoms with van der Waals surface area (Å²) >= 11 is 0. The second-order valence-electron chi connectivity index (χ2n) is 6.35. The predicted octanol–water partition coefficient (Wildman–Crippen LogP) is 3.47. The highest BCUT2D eigenvalue weighted by Crippen LogP contribution is 2.28. The van der Waals surface area contributed by atoms with E-state index >= 15 is 0 Å². The van der Waals surface area contributed by atoms with Gasteiger partial charge in [0.2, 0.25) is 0 Å². The Hall–Kier alpha value is -3.06. The molecule has 1 atom stereocenters. The number of carbonyl (C=O) groups excluding carboxylic acids is 1. The molecule has 0 saturated heterocycles. The van der Waals surface area contributed by atoms with Crippen LogP contribution < -0.4 is 5.32 Å². The average Bonchev–Trinajstić information content (AvgIpc) is 2.69. The molecule has 0 unspecified atom stereocenters. The van der Waals surface area contributed by atoms with E-state index in [0.29, 0.717) is 5.56 Å². The van der Waals surface area contributed by atoms with Crippen molar-refractivity contribution in [3.05, 3.63) is 95.6 Å². The molecule has 3 rings (SSSR count). The second kappa shape index (κ2) is 8.31. The number of nitrogens with zero attached hydrogens (tertiary/aromatic N) is 1. The highest BCUT2D eigenvalue weighted by Gasteiger charge is 2.30. The fourth-order valence-corrected chi connectivity index (χ4v) is 4.43. The molecule has 28 heavy (non-hydrogen) atoms. The van der Waals surface area contributed by atoms with Gasteiger partial charge in [0.25, 0.3) is 5.91 Å². The molecule has 144 valence electrons. The highest BCUT2D eigenvalue weighted by atomic mass is 32.2. The zero-order valence-electron chi connectivity index (χ0n) is 15.2. The Morgan fingerprint density at radius 2 is 1.86 bits per heavy atom. The molecule has 7 heteroatoms. The van der Waals surface area contributed by atoms with Crippen LogP contribution in [0.15, 0.2) is 78.0 Å². The van der Waals surface area contributed by atoms with Gasteiger partial charge in [-0.1, -0.05) is 29.8 Å². The molecule has 1 amide bonds. The number of rotatable bonds is 6. The number of hydrogen-bond acceptors (Lipinski definition) is 4. The van der Waals surface area contributed by atoms with Crippen molar-refractivity contribution in [3.63, 3.8) is 0 Å². The van der Waals surface area contributed by atoms with Gasteiger partial charge in [-0.15, -0.1) is 0 Å². The first-order valence-electron chi connectivity index (χ1n) is 8.62. The van der Waals surface area contributed by atoms with Gasteiger partial charge in [-0.05, 0) is 48.9 Å². The van der Waals surface area contributed by atoms with Gasteiger partial charge in [0.05, 0.1) is 4.90 Å². The van der Waals surface area contributed by atoms with E-state index < -0.39 is 26.8 Å². The van der Waals surface area contributed by atoms with Crippen molar-refractivity contribution in [2.75, 3.05) is 6.54 Å². The van der Waals surface area contributed by atoms with Gasteiger partial charge in [-0.3, -0.25) is 9.78 Å². The van der Waals surface area contributed by atoms with Crippen molar-refractivity contribution in [2.24, 2.45) is 0 Å². The first-order valence-corrected chi connectivity index (χ1v) is 10.2. The monoisotopic (exact) mass is 398 g/mol. The smallest absolute Gasteiger partial charge is 0.251 e. The van der Waals surface area contributed by atoms with Crippen LogP contribution in [0.3, 0.4) is 0 Å². The summed E-state index contributed by atoms with van der Waals surface area (Å²) in [7, 11) is -3.79. The molecule has 0 radical (unpaired) electrons. The number of nitrogens with one attached hydrogen (secondary N) is 1. The number of aryl methyl sites for hydroxylation is 1. The summed E-state index contributed by atoms with van der Waals surface area (Å²) in [4.78, 5) is 16.5. The van der Waals surface area contributed by atoms with E-state index in [0.717, 1.165) is 11.6 Å². The van der Waals surface area contributed by atoms with Gasteiger partial charge >= 0.3 is 0 Å². The Labute approximate surface area is 163 Å². The molecule has 3 aromatic rings. The van der Waals surface area contributed by atoms with Crippen LogP contribution >= 0.6 is 0 Å². The quantitative estimate of drug-likeness (QED) is 0.690. The molecule has 0 aliphatic heterocycles. The zero-order valence-corrected chi connectivity index (χ0v) is 16.0. The van der Waals surface area contributed by atoms with Gasteiger partial charge in [0.15, 0.2) is 9.84 Å². The second-order valence-corrected chi connectivity index (χ2v) is 8.48. The summed E-state index contributed by atoms with van der Waals surface area (Å²) < 4.78 is 39.8. The first-order chi connectivity index (χ1) is 13.4. The van der Waals surface area contributed by atoms with Crippen molar-refractivity contribution in [1.29, 1.82) is 0 Å². The third-order valence-corrected chi connectivity index (χ3v) is 6.43. The van der Waals surface area contributed by atoms with Gasteiger partial charge in [0, 0.05) is 24.5 Å². The largest absolute Gasteiger partial charge is 0.350 e. The number of carbonyl (C=O) groups is 1. The third kappa shape index (κ3) is 4.43. The van der Waals surface area contributed by atoms with Crippen LogP contribution in [0.25, 0.3) is 0 Å². The molecule has 0 spiro atoms. The normalized spacial score (nSPS) is 12.4. The molecule has 0 saturated carbocycles. The van der Waals surface area contributed by atoms with Crippen molar-refractivity contribution >= 4 is 15.7 Å². The van der Waals surface area contributed by atoms with E-state index in [4.69, 9.17) is 0 Å². The molecule has 0 aliphatic rings. The maximum atomic E-state index is 13.4. The lowest BCUT2D eigenvalue weighted by atomic mass is 10.2. The van der Waals surface area contributed by atoms with Gasteiger partial charge < -0.3 is 5.32 Å². The molecular formula is C21H19FN2O3S. The van der Waals surface area contributed by atoms with Crippen LogP contribution in [0, 0.1) is 12.7 Å². The summed E-state index contributed by atoms with van der Waals surface area (Å²) in [6.45, 7) is 1.70. The van der Waals surface area contributed by atoms with Gasteiger partial charge in [-0.2, -0.15) is 0 Å². The van der Waals surface area contributed by atoms with Crippen LogP contribution in [-0.2, 0) is 9.84 Å². The number of amides is 1. The number of hydrogen-bond donors (Lipinski definition) is 1. The maximum absolute atomic E-state index is 13.4. The fourth-order valence-electron chi connectivity index (χ4n) is 2.78. The number of sulfone groups is 1. The Kier molecular flexibility index (Phi) is 5.84. The van der Waals surface area contributed by atoms with Crippen LogP contribution in [-0.4, -0.2) is 25.9 Å². The molecule has 0 fully saturated rings. The first kappa shape index (κ1) is 19.7. The van der Waals surface area contributed by atoms with Gasteiger partial charge in [-0.25, -0.2) is 12.8 Å². The van der Waals surface area contributed by atoms with E-state index in [2.05, 4.69) is 10.3 Å². The third-order valence-electron chi connectivity index (χ3n) is 4.32. The molecule has 5 nitrogen and oxygen atoms in total. The summed E-state index contributed by atoms with van der Waals surface area (Å²) in [5, 5.41) is 1.57. The summed E-state index contributed by atoms with van der Waals surface area (Å²) in [5.74, 6) is -1.09. The summed E-state index contributed by atoms with van der Waals surface area (Å²) in [6, 6.07) is 15.0. The van der Waals surface area contributed by atoms with Crippen molar-refractivity contribution in [1.82, 2.24) is 10.3 Å². The molecule has 1 N–H and O–H groups in total. The Bertz CT molecular complexity index is 1070. The molecule has 1 aromatic heterocycles. The van der Waals surface area contributed by atoms with Crippen molar-refractivity contribution < 1.29 is 17.6 Å². The van der Waals surface area contributed by atoms with E-state index in [9.17, 15) is 17.6 Å². The highest BCUT2D eigenvalue weighted by molar-refractivity contribution is 7.91. The maximum Gasteiger partial charge on any atom is 0.251 e. The molecule has 2 aromatic carbocycles. The Balaban J connectivity index is 1.90. The predicted molar refractivity (Wildman–Crippen MR) is 104 cm³/mol. The van der Waals surface area contributed by atoms with Crippen LogP contribution in [0.4, 0.5) is 4.39 Å². The minimum Gasteiger partial charge on any atom is -0.350 e. The van der Waals surface area contributed by atoms with E-state index in [1.165, 1.54) is 24.4 Å². The lowest BCUT2D eigenvalue weighted by molar-refractivity contribution is 0.0953. The minimum absolute atomic E-state index is 0.123. The SMILES string of the molecule is Cc1ccc(S(=O)(=O)[C@@H](CNC(=O)c2cccc(F)c2)c2cccnc2)cc1. The van der Waals surface area contributed by atoms with Crippen LogP contribution in [0.1, 0.15) is 26.7 Å². The van der Waals surface area contributed by atoms with E-state index in [1.54, 1.807) is 42.6 Å². The number of pyridine rings is 1.